The summed E-state index contributed by atoms with van der Waals surface area (Å²) in [5, 5.41) is 2.10. The average Bonchev–Trinajstić information content (AvgIpc) is 2.87. The highest BCUT2D eigenvalue weighted by Crippen LogP contribution is 2.37. The number of nitrogens with zero attached hydrogens (tertiary/aromatic N) is 5. The molecule has 2 aromatic heterocycles. The SMILES string of the molecule is CC(C)(C)OC(=O)N1C[C@H]2CC[C@@H]1CN2c1nc2c(Nc3ccc(OC(F)F)c(Cl)c3F)ncnc2cc1F. The van der Waals surface area contributed by atoms with Gasteiger partial charge in [0.1, 0.15) is 28.2 Å². The van der Waals surface area contributed by atoms with Crippen LogP contribution in [0, 0.1) is 11.6 Å². The Morgan fingerprint density at radius 2 is 1.90 bits per heavy atom. The van der Waals surface area contributed by atoms with Gasteiger partial charge in [-0.15, -0.1) is 0 Å². The van der Waals surface area contributed by atoms with Gasteiger partial charge in [-0.05, 0) is 45.7 Å². The number of carbonyl (C=O) groups is 1. The van der Waals surface area contributed by atoms with Crippen LogP contribution in [-0.2, 0) is 4.74 Å². The van der Waals surface area contributed by atoms with Crippen LogP contribution in [0.25, 0.3) is 11.0 Å². The maximum absolute atomic E-state index is 15.3. The maximum Gasteiger partial charge on any atom is 0.410 e. The minimum absolute atomic E-state index is 0.0521. The van der Waals surface area contributed by atoms with Crippen molar-refractivity contribution in [1.29, 1.82) is 0 Å². The van der Waals surface area contributed by atoms with Crippen LogP contribution >= 0.6 is 11.6 Å². The van der Waals surface area contributed by atoms with Crippen molar-refractivity contribution in [2.75, 3.05) is 23.3 Å². The maximum atomic E-state index is 15.3. The molecule has 39 heavy (non-hydrogen) atoms. The summed E-state index contributed by atoms with van der Waals surface area (Å²) in [7, 11) is 0. The largest absolute Gasteiger partial charge is 0.444 e. The van der Waals surface area contributed by atoms with Crippen molar-refractivity contribution in [3.63, 3.8) is 0 Å². The Morgan fingerprint density at radius 3 is 2.56 bits per heavy atom. The molecule has 3 aromatic rings. The third-order valence-corrected chi connectivity index (χ3v) is 6.84. The molecule has 9 nitrogen and oxygen atoms in total. The lowest BCUT2D eigenvalue weighted by Crippen LogP contribution is -2.64. The number of piperazine rings is 1. The van der Waals surface area contributed by atoms with Gasteiger partial charge in [0.2, 0.25) is 0 Å². The Kier molecular flexibility index (Phi) is 7.04. The Balaban J connectivity index is 1.44. The van der Waals surface area contributed by atoms with E-state index in [-0.39, 0.29) is 40.4 Å². The molecule has 14 heteroatoms. The van der Waals surface area contributed by atoms with Gasteiger partial charge in [-0.25, -0.2) is 28.5 Å². The van der Waals surface area contributed by atoms with E-state index in [1.54, 1.807) is 25.7 Å². The molecule has 208 valence electrons. The third kappa shape index (κ3) is 5.45. The normalized spacial score (nSPS) is 19.1. The first-order chi connectivity index (χ1) is 18.4. The summed E-state index contributed by atoms with van der Waals surface area (Å²) in [5.41, 5.74) is -0.499. The molecule has 0 radical (unpaired) electrons. The summed E-state index contributed by atoms with van der Waals surface area (Å²) >= 11 is 5.87. The van der Waals surface area contributed by atoms with Crippen LogP contribution in [0.4, 0.5) is 39.7 Å². The number of rotatable bonds is 5. The molecular weight excluding hydrogens is 544 g/mol. The van der Waals surface area contributed by atoms with E-state index in [1.807, 2.05) is 4.90 Å². The van der Waals surface area contributed by atoms with Crippen LogP contribution in [0.5, 0.6) is 5.75 Å². The fourth-order valence-corrected chi connectivity index (χ4v) is 5.03. The van der Waals surface area contributed by atoms with Crippen molar-refractivity contribution >= 4 is 46.1 Å². The number of hydrogen-bond donors (Lipinski definition) is 1. The van der Waals surface area contributed by atoms with Crippen molar-refractivity contribution in [3.8, 4) is 5.75 Å². The van der Waals surface area contributed by atoms with Gasteiger partial charge in [0.25, 0.3) is 0 Å². The number of aromatic nitrogens is 3. The number of amides is 1. The second-order valence-electron chi connectivity index (χ2n) is 10.3. The molecule has 0 saturated carbocycles. The molecule has 2 atom stereocenters. The second kappa shape index (κ2) is 10.2. The molecule has 0 aliphatic carbocycles. The zero-order valence-corrected chi connectivity index (χ0v) is 22.0. The number of anilines is 3. The number of hydrogen-bond acceptors (Lipinski definition) is 8. The van der Waals surface area contributed by atoms with Crippen LogP contribution in [-0.4, -0.2) is 63.3 Å². The van der Waals surface area contributed by atoms with E-state index in [4.69, 9.17) is 16.3 Å². The number of piperidine rings is 2. The molecule has 2 bridgehead atoms. The molecule has 1 aromatic carbocycles. The van der Waals surface area contributed by atoms with Crippen molar-refractivity contribution in [2.24, 2.45) is 0 Å². The quantitative estimate of drug-likeness (QED) is 0.381. The van der Waals surface area contributed by atoms with E-state index < -0.39 is 40.7 Å². The second-order valence-corrected chi connectivity index (χ2v) is 10.7. The highest BCUT2D eigenvalue weighted by atomic mass is 35.5. The zero-order chi connectivity index (χ0) is 28.1. The minimum Gasteiger partial charge on any atom is -0.444 e. The lowest BCUT2D eigenvalue weighted by atomic mass is 9.91. The Labute approximate surface area is 226 Å². The first-order valence-electron chi connectivity index (χ1n) is 12.2. The molecule has 0 spiro atoms. The highest BCUT2D eigenvalue weighted by Gasteiger charge is 2.43. The standard InChI is InChI=1S/C25H25ClF4N6O3/c1-25(2,3)39-24(37)36-10-12-4-5-13(36)9-35(12)22-14(27)8-16-20(34-22)21(32-11-31-16)33-15-6-7-17(38-23(29)30)18(26)19(15)28/h6-8,11-13,23H,4-5,9-10H2,1-3H3,(H,31,32,33)/t12-,13-/m1/s1. The Bertz CT molecular complexity index is 1420. The highest BCUT2D eigenvalue weighted by molar-refractivity contribution is 6.32. The lowest BCUT2D eigenvalue weighted by Gasteiger charge is -2.51. The number of fused-ring (bicyclic) bond motifs is 4. The summed E-state index contributed by atoms with van der Waals surface area (Å²) in [6.45, 7) is 2.93. The van der Waals surface area contributed by atoms with E-state index in [9.17, 15) is 18.0 Å². The van der Waals surface area contributed by atoms with Gasteiger partial charge in [-0.3, -0.25) is 0 Å². The number of benzene rings is 1. The van der Waals surface area contributed by atoms with E-state index >= 15 is 4.39 Å². The zero-order valence-electron chi connectivity index (χ0n) is 21.2. The van der Waals surface area contributed by atoms with E-state index in [0.717, 1.165) is 31.3 Å². The summed E-state index contributed by atoms with van der Waals surface area (Å²) < 4.78 is 65.0. The van der Waals surface area contributed by atoms with E-state index in [0.29, 0.717) is 13.1 Å². The summed E-state index contributed by atoms with van der Waals surface area (Å²) in [4.78, 5) is 28.9. The first-order valence-corrected chi connectivity index (χ1v) is 12.6. The molecule has 3 aliphatic heterocycles. The monoisotopic (exact) mass is 568 g/mol. The van der Waals surface area contributed by atoms with Crippen molar-refractivity contribution in [3.05, 3.63) is 41.2 Å². The number of alkyl halides is 2. The van der Waals surface area contributed by atoms with Gasteiger partial charge in [0.15, 0.2) is 23.3 Å². The van der Waals surface area contributed by atoms with Crippen LogP contribution in [0.3, 0.4) is 0 Å². The molecule has 3 aliphatic rings. The Morgan fingerprint density at radius 1 is 1.15 bits per heavy atom. The molecule has 5 heterocycles. The van der Waals surface area contributed by atoms with Gasteiger partial charge < -0.3 is 24.6 Å². The minimum atomic E-state index is -3.18. The molecule has 0 unspecified atom stereocenters. The predicted molar refractivity (Wildman–Crippen MR) is 136 cm³/mol. The van der Waals surface area contributed by atoms with Gasteiger partial charge in [0.05, 0.1) is 17.2 Å². The number of nitrogens with one attached hydrogen (secondary N) is 1. The number of carbonyl (C=O) groups excluding carboxylic acids is 1. The summed E-state index contributed by atoms with van der Waals surface area (Å²) in [5.74, 6) is -2.06. The number of pyridine rings is 1. The molecule has 3 saturated heterocycles. The van der Waals surface area contributed by atoms with Crippen LogP contribution < -0.4 is 15.0 Å². The van der Waals surface area contributed by atoms with Crippen LogP contribution in [0.15, 0.2) is 24.5 Å². The third-order valence-electron chi connectivity index (χ3n) is 6.49. The average molecular weight is 569 g/mol. The fraction of sp³-hybridized carbons (Fsp3) is 0.440. The topological polar surface area (TPSA) is 92.7 Å². The molecule has 6 rings (SSSR count). The van der Waals surface area contributed by atoms with Crippen LogP contribution in [0.2, 0.25) is 5.02 Å². The van der Waals surface area contributed by atoms with E-state index in [1.165, 1.54) is 6.07 Å². The summed E-state index contributed by atoms with van der Waals surface area (Å²) in [6.07, 6.45) is 2.22. The smallest absolute Gasteiger partial charge is 0.410 e. The van der Waals surface area contributed by atoms with Crippen molar-refractivity contribution < 1.29 is 31.8 Å². The van der Waals surface area contributed by atoms with Crippen molar-refractivity contribution in [2.45, 2.75) is 57.9 Å². The number of halogens is 5. The molecule has 1 amide bonds. The van der Waals surface area contributed by atoms with Crippen molar-refractivity contribution in [1.82, 2.24) is 19.9 Å². The first kappa shape index (κ1) is 27.0. The predicted octanol–water partition coefficient (Wildman–Crippen LogP) is 5.89. The number of ether oxygens (including phenoxy) is 2. The van der Waals surface area contributed by atoms with Gasteiger partial charge in [-0.1, -0.05) is 11.6 Å². The lowest BCUT2D eigenvalue weighted by molar-refractivity contribution is -0.0499. The molecule has 1 N–H and O–H groups in total. The van der Waals surface area contributed by atoms with Crippen LogP contribution in [0.1, 0.15) is 33.6 Å². The molecular formula is C25H25ClF4N6O3. The van der Waals surface area contributed by atoms with Gasteiger partial charge in [0, 0.05) is 25.2 Å². The Hall–Kier alpha value is -3.61. The van der Waals surface area contributed by atoms with Gasteiger partial charge in [-0.2, -0.15) is 8.78 Å². The fourth-order valence-electron chi connectivity index (χ4n) is 4.82. The van der Waals surface area contributed by atoms with E-state index in [2.05, 4.69) is 25.0 Å². The molecule has 3 fully saturated rings. The summed E-state index contributed by atoms with van der Waals surface area (Å²) in [6, 6.07) is 3.08. The van der Waals surface area contributed by atoms with Gasteiger partial charge >= 0.3 is 12.7 Å².